The minimum atomic E-state index is -0.476. The van der Waals surface area contributed by atoms with Crippen molar-refractivity contribution in [3.05, 3.63) is 46.5 Å². The van der Waals surface area contributed by atoms with E-state index in [1.165, 1.54) is 16.9 Å². The second-order valence-electron chi connectivity index (χ2n) is 8.21. The molecule has 1 saturated heterocycles. The van der Waals surface area contributed by atoms with Crippen LogP contribution in [0.15, 0.2) is 30.3 Å². The summed E-state index contributed by atoms with van der Waals surface area (Å²) in [6.45, 7) is 5.76. The fraction of sp³-hybridized carbons (Fsp3) is 0.522. The van der Waals surface area contributed by atoms with Crippen molar-refractivity contribution in [2.75, 3.05) is 38.1 Å². The van der Waals surface area contributed by atoms with Crippen molar-refractivity contribution in [1.29, 1.82) is 0 Å². The fourth-order valence-corrected chi connectivity index (χ4v) is 5.35. The second-order valence-corrected chi connectivity index (χ2v) is 9.29. The van der Waals surface area contributed by atoms with Gasteiger partial charge in [0.05, 0.1) is 18.8 Å². The number of hydrogen-bond donors (Lipinski definition) is 1. The van der Waals surface area contributed by atoms with Crippen LogP contribution in [0, 0.1) is 5.92 Å². The summed E-state index contributed by atoms with van der Waals surface area (Å²) in [6.07, 6.45) is 3.57. The Labute approximate surface area is 187 Å². The van der Waals surface area contributed by atoms with E-state index in [-0.39, 0.29) is 5.91 Å². The first-order chi connectivity index (χ1) is 15.1. The van der Waals surface area contributed by atoms with E-state index >= 15 is 0 Å². The lowest BCUT2D eigenvalue weighted by atomic mass is 9.90. The number of rotatable bonds is 6. The minimum absolute atomic E-state index is 0.219. The standard InChI is InChI=1S/C23H30N4O3S/c1-2-30-23(29)25-22-24-19-10-11-26(15-20(19)31-22)16-21(28)27-12-8-18(9-13-27)14-17-6-4-3-5-7-17/h3-7,18H,2,8-16H2,1H3,(H,24,25,29). The van der Waals surface area contributed by atoms with Gasteiger partial charge in [-0.2, -0.15) is 0 Å². The van der Waals surface area contributed by atoms with Crippen LogP contribution in [0.3, 0.4) is 0 Å². The van der Waals surface area contributed by atoms with Gasteiger partial charge >= 0.3 is 6.09 Å². The van der Waals surface area contributed by atoms with Gasteiger partial charge in [0.1, 0.15) is 0 Å². The predicted molar refractivity (Wildman–Crippen MR) is 121 cm³/mol. The molecule has 2 amide bonds. The fourth-order valence-electron chi connectivity index (χ4n) is 4.32. The lowest BCUT2D eigenvalue weighted by molar-refractivity contribution is -0.134. The van der Waals surface area contributed by atoms with Gasteiger partial charge < -0.3 is 9.64 Å². The summed E-state index contributed by atoms with van der Waals surface area (Å²) in [4.78, 5) is 34.3. The van der Waals surface area contributed by atoms with Gasteiger partial charge in [-0.3, -0.25) is 15.0 Å². The van der Waals surface area contributed by atoms with Crippen molar-refractivity contribution in [3.63, 3.8) is 0 Å². The number of piperidine rings is 1. The number of amides is 2. The SMILES string of the molecule is CCOC(=O)Nc1nc2c(s1)CN(CC(=O)N1CCC(Cc3ccccc3)CC1)CC2. The number of carbonyl (C=O) groups excluding carboxylic acids is 2. The summed E-state index contributed by atoms with van der Waals surface area (Å²) < 4.78 is 4.92. The molecule has 0 radical (unpaired) electrons. The topological polar surface area (TPSA) is 74.8 Å². The van der Waals surface area contributed by atoms with E-state index in [1.807, 2.05) is 4.90 Å². The van der Waals surface area contributed by atoms with Gasteiger partial charge in [0, 0.05) is 37.5 Å². The van der Waals surface area contributed by atoms with Gasteiger partial charge in [-0.05, 0) is 37.7 Å². The van der Waals surface area contributed by atoms with Gasteiger partial charge in [0.2, 0.25) is 5.91 Å². The van der Waals surface area contributed by atoms with E-state index in [0.717, 1.165) is 55.9 Å². The number of hydrogen-bond acceptors (Lipinski definition) is 6. The number of likely N-dealkylation sites (tertiary alicyclic amines) is 1. The van der Waals surface area contributed by atoms with E-state index < -0.39 is 6.09 Å². The molecule has 0 spiro atoms. The van der Waals surface area contributed by atoms with Crippen LogP contribution < -0.4 is 5.32 Å². The normalized spacial score (nSPS) is 17.3. The van der Waals surface area contributed by atoms with Gasteiger partial charge in [-0.15, -0.1) is 0 Å². The largest absolute Gasteiger partial charge is 0.450 e. The Bertz CT molecular complexity index is 893. The van der Waals surface area contributed by atoms with Crippen LogP contribution in [0.5, 0.6) is 0 Å². The predicted octanol–water partition coefficient (Wildman–Crippen LogP) is 3.55. The molecule has 3 heterocycles. The Hall–Kier alpha value is -2.45. The molecule has 1 N–H and O–H groups in total. The summed E-state index contributed by atoms with van der Waals surface area (Å²) >= 11 is 1.47. The van der Waals surface area contributed by atoms with Gasteiger partial charge in [0.25, 0.3) is 0 Å². The van der Waals surface area contributed by atoms with Crippen molar-refractivity contribution in [2.24, 2.45) is 5.92 Å². The van der Waals surface area contributed by atoms with Gasteiger partial charge in [-0.1, -0.05) is 41.7 Å². The van der Waals surface area contributed by atoms with Crippen LogP contribution >= 0.6 is 11.3 Å². The first-order valence-corrected chi connectivity index (χ1v) is 11.9. The number of fused-ring (bicyclic) bond motifs is 1. The van der Waals surface area contributed by atoms with E-state index in [9.17, 15) is 9.59 Å². The molecule has 166 valence electrons. The van der Waals surface area contributed by atoms with Crippen molar-refractivity contribution in [3.8, 4) is 0 Å². The van der Waals surface area contributed by atoms with E-state index in [2.05, 4.69) is 45.5 Å². The van der Waals surface area contributed by atoms with Gasteiger partial charge in [0.15, 0.2) is 5.13 Å². The average molecular weight is 443 g/mol. The Kier molecular flexibility index (Phi) is 7.19. The number of anilines is 1. The molecule has 2 aromatic rings. The van der Waals surface area contributed by atoms with Crippen LogP contribution in [-0.4, -0.2) is 59.6 Å². The summed E-state index contributed by atoms with van der Waals surface area (Å²) in [5.41, 5.74) is 2.40. The van der Waals surface area contributed by atoms with Gasteiger partial charge in [-0.25, -0.2) is 9.78 Å². The molecule has 0 bridgehead atoms. The molecule has 0 unspecified atom stereocenters. The summed E-state index contributed by atoms with van der Waals surface area (Å²) in [5.74, 6) is 0.877. The van der Waals surface area contributed by atoms with Crippen molar-refractivity contribution >= 4 is 28.5 Å². The molecule has 0 atom stereocenters. The first-order valence-electron chi connectivity index (χ1n) is 11.1. The number of benzene rings is 1. The third-order valence-corrected chi connectivity index (χ3v) is 6.99. The summed E-state index contributed by atoms with van der Waals surface area (Å²) in [5, 5.41) is 3.25. The summed E-state index contributed by atoms with van der Waals surface area (Å²) in [6, 6.07) is 10.6. The maximum atomic E-state index is 12.9. The highest BCUT2D eigenvalue weighted by Gasteiger charge is 2.27. The highest BCUT2D eigenvalue weighted by Crippen LogP contribution is 2.29. The molecule has 1 aromatic carbocycles. The molecule has 8 heteroatoms. The third-order valence-electron chi connectivity index (χ3n) is 5.99. The molecular weight excluding hydrogens is 412 g/mol. The average Bonchev–Trinajstić information content (AvgIpc) is 3.16. The highest BCUT2D eigenvalue weighted by atomic mass is 32.1. The number of carbonyl (C=O) groups is 2. The maximum absolute atomic E-state index is 12.9. The summed E-state index contributed by atoms with van der Waals surface area (Å²) in [7, 11) is 0. The maximum Gasteiger partial charge on any atom is 0.413 e. The smallest absolute Gasteiger partial charge is 0.413 e. The molecule has 31 heavy (non-hydrogen) atoms. The third kappa shape index (κ3) is 5.83. The van der Waals surface area contributed by atoms with Crippen molar-refractivity contribution in [1.82, 2.24) is 14.8 Å². The molecule has 2 aliphatic heterocycles. The van der Waals surface area contributed by atoms with Crippen LogP contribution in [-0.2, 0) is 28.9 Å². The number of aromatic nitrogens is 1. The quantitative estimate of drug-likeness (QED) is 0.741. The lowest BCUT2D eigenvalue weighted by Gasteiger charge is -2.34. The van der Waals surface area contributed by atoms with Crippen molar-refractivity contribution in [2.45, 2.75) is 39.2 Å². The van der Waals surface area contributed by atoms with Crippen LogP contribution in [0.4, 0.5) is 9.93 Å². The van der Waals surface area contributed by atoms with Crippen LogP contribution in [0.25, 0.3) is 0 Å². The van der Waals surface area contributed by atoms with Crippen LogP contribution in [0.1, 0.15) is 35.9 Å². The Morgan fingerprint density at radius 3 is 2.71 bits per heavy atom. The lowest BCUT2D eigenvalue weighted by Crippen LogP contribution is -2.45. The minimum Gasteiger partial charge on any atom is -0.450 e. The van der Waals surface area contributed by atoms with E-state index in [4.69, 9.17) is 4.74 Å². The number of thiazole rings is 1. The Morgan fingerprint density at radius 1 is 1.19 bits per heavy atom. The van der Waals surface area contributed by atoms with Crippen LogP contribution in [0.2, 0.25) is 0 Å². The zero-order valence-corrected chi connectivity index (χ0v) is 18.8. The Morgan fingerprint density at radius 2 is 1.97 bits per heavy atom. The monoisotopic (exact) mass is 442 g/mol. The molecule has 4 rings (SSSR count). The molecule has 7 nitrogen and oxygen atoms in total. The highest BCUT2D eigenvalue weighted by molar-refractivity contribution is 7.15. The number of nitrogens with zero attached hydrogens (tertiary/aromatic N) is 3. The number of nitrogens with one attached hydrogen (secondary N) is 1. The molecule has 0 aliphatic carbocycles. The second kappa shape index (κ2) is 10.2. The zero-order chi connectivity index (χ0) is 21.6. The van der Waals surface area contributed by atoms with Crippen molar-refractivity contribution < 1.29 is 14.3 Å². The zero-order valence-electron chi connectivity index (χ0n) is 18.0. The van der Waals surface area contributed by atoms with E-state index in [1.54, 1.807) is 6.92 Å². The molecule has 0 saturated carbocycles. The molecule has 2 aliphatic rings. The Balaban J connectivity index is 1.24. The first kappa shape index (κ1) is 21.8. The molecular formula is C23H30N4O3S. The van der Waals surface area contributed by atoms with E-state index in [0.29, 0.717) is 30.7 Å². The number of ether oxygens (including phenoxy) is 1. The molecule has 1 aromatic heterocycles. The molecule has 1 fully saturated rings.